The average Bonchev–Trinajstić information content (AvgIpc) is 2.91. The van der Waals surface area contributed by atoms with Crippen LogP contribution in [-0.4, -0.2) is 117 Å². The number of rotatable bonds is 11. The highest BCUT2D eigenvalue weighted by molar-refractivity contribution is 5.94. The van der Waals surface area contributed by atoms with E-state index in [-0.39, 0.29) is 24.4 Å². The van der Waals surface area contributed by atoms with Crippen LogP contribution in [0.5, 0.6) is 5.75 Å². The predicted octanol–water partition coefficient (Wildman–Crippen LogP) is 1.88. The molecule has 2 saturated heterocycles. The van der Waals surface area contributed by atoms with Gasteiger partial charge in [-0.05, 0) is 42.5 Å². The van der Waals surface area contributed by atoms with Crippen LogP contribution >= 0.6 is 0 Å². The zero-order valence-corrected chi connectivity index (χ0v) is 20.9. The molecule has 4 rings (SSSR count). The molecular formula is C27H35F2N3O5. The number of aliphatic hydroxyl groups is 1. The number of β-amino-alcohol motifs (C(OH)–C–C–N with tert-alkyl or cyclic N) is 1. The lowest BCUT2D eigenvalue weighted by atomic mass is 10.1. The molecule has 2 aliphatic heterocycles. The first kappa shape index (κ1) is 27.4. The van der Waals surface area contributed by atoms with Crippen molar-refractivity contribution in [2.24, 2.45) is 0 Å². The summed E-state index contributed by atoms with van der Waals surface area (Å²) < 4.78 is 43.8. The minimum absolute atomic E-state index is 0.0807. The molecule has 37 heavy (non-hydrogen) atoms. The molecule has 8 nitrogen and oxygen atoms in total. The largest absolute Gasteiger partial charge is 0.491 e. The molecule has 2 atom stereocenters. The number of morpholine rings is 2. The summed E-state index contributed by atoms with van der Waals surface area (Å²) in [7, 11) is 0. The summed E-state index contributed by atoms with van der Waals surface area (Å²) in [4.78, 5) is 19.4. The van der Waals surface area contributed by atoms with Crippen LogP contribution in [0.2, 0.25) is 0 Å². The molecule has 2 heterocycles. The van der Waals surface area contributed by atoms with E-state index in [1.54, 1.807) is 11.0 Å². The molecule has 10 heteroatoms. The first-order valence-electron chi connectivity index (χ1n) is 12.7. The van der Waals surface area contributed by atoms with Gasteiger partial charge >= 0.3 is 0 Å². The Morgan fingerprint density at radius 1 is 1.05 bits per heavy atom. The highest BCUT2D eigenvalue weighted by Gasteiger charge is 2.27. The number of benzene rings is 2. The molecule has 0 unspecified atom stereocenters. The lowest BCUT2D eigenvalue weighted by molar-refractivity contribution is -0.0545. The van der Waals surface area contributed by atoms with Crippen molar-refractivity contribution >= 4 is 5.91 Å². The molecule has 0 saturated carbocycles. The molecule has 0 aromatic heterocycles. The SMILES string of the molecule is O=C(c1cccc(F)c1)N(CCN1CCOCC1)C[C@H]1CN(C[C@@H](O)COc2ccc(F)cc2)CCO1. The van der Waals surface area contributed by atoms with Crippen molar-refractivity contribution < 1.29 is 32.9 Å². The Bertz CT molecular complexity index is 990. The van der Waals surface area contributed by atoms with E-state index in [0.717, 1.165) is 13.1 Å². The predicted molar refractivity (Wildman–Crippen MR) is 134 cm³/mol. The van der Waals surface area contributed by atoms with Gasteiger partial charge in [-0.3, -0.25) is 14.6 Å². The average molecular weight is 520 g/mol. The second-order valence-electron chi connectivity index (χ2n) is 9.39. The number of nitrogens with zero attached hydrogens (tertiary/aromatic N) is 3. The fraction of sp³-hybridized carbons (Fsp3) is 0.519. The number of amides is 1. The first-order chi connectivity index (χ1) is 18.0. The van der Waals surface area contributed by atoms with Gasteiger partial charge in [-0.1, -0.05) is 6.07 Å². The number of ether oxygens (including phenoxy) is 3. The number of carbonyl (C=O) groups excluding carboxylic acids is 1. The molecule has 1 amide bonds. The minimum atomic E-state index is -0.741. The molecule has 1 N–H and O–H groups in total. The van der Waals surface area contributed by atoms with Crippen molar-refractivity contribution in [3.63, 3.8) is 0 Å². The maximum Gasteiger partial charge on any atom is 0.254 e. The van der Waals surface area contributed by atoms with E-state index in [0.29, 0.717) is 70.4 Å². The Morgan fingerprint density at radius 2 is 1.81 bits per heavy atom. The number of carbonyl (C=O) groups is 1. The third-order valence-electron chi connectivity index (χ3n) is 6.52. The van der Waals surface area contributed by atoms with E-state index in [9.17, 15) is 18.7 Å². The van der Waals surface area contributed by atoms with Gasteiger partial charge in [-0.15, -0.1) is 0 Å². The highest BCUT2D eigenvalue weighted by atomic mass is 19.1. The molecule has 0 spiro atoms. The van der Waals surface area contributed by atoms with Crippen molar-refractivity contribution in [2.75, 3.05) is 78.8 Å². The molecule has 0 aliphatic carbocycles. The smallest absolute Gasteiger partial charge is 0.254 e. The first-order valence-corrected chi connectivity index (χ1v) is 12.7. The van der Waals surface area contributed by atoms with Gasteiger partial charge in [0.2, 0.25) is 0 Å². The number of halogens is 2. The Balaban J connectivity index is 1.32. The van der Waals surface area contributed by atoms with E-state index in [4.69, 9.17) is 14.2 Å². The summed E-state index contributed by atoms with van der Waals surface area (Å²) in [6, 6.07) is 11.4. The summed E-state index contributed by atoms with van der Waals surface area (Å²) in [5.41, 5.74) is 0.308. The lowest BCUT2D eigenvalue weighted by Gasteiger charge is -2.37. The van der Waals surface area contributed by atoms with Crippen molar-refractivity contribution in [2.45, 2.75) is 12.2 Å². The summed E-state index contributed by atoms with van der Waals surface area (Å²) >= 11 is 0. The van der Waals surface area contributed by atoms with Gasteiger partial charge in [0.1, 0.15) is 30.1 Å². The topological polar surface area (TPSA) is 74.7 Å². The minimum Gasteiger partial charge on any atom is -0.491 e. The standard InChI is InChI=1S/C27H35F2N3O5/c28-22-4-6-25(7-5-22)37-20-24(33)17-31-12-15-36-26(18-31)19-32(9-8-30-10-13-35-14-11-30)27(34)21-2-1-3-23(29)16-21/h1-7,16,24,26,33H,8-15,17-20H2/t24-,26-/m1/s1. The third kappa shape index (κ3) is 8.72. The number of hydrogen-bond donors (Lipinski definition) is 1. The van der Waals surface area contributed by atoms with Crippen molar-refractivity contribution in [1.29, 1.82) is 0 Å². The summed E-state index contributed by atoms with van der Waals surface area (Å²) in [5.74, 6) is -0.536. The van der Waals surface area contributed by atoms with Gasteiger partial charge < -0.3 is 24.2 Å². The van der Waals surface area contributed by atoms with Crippen LogP contribution in [0, 0.1) is 11.6 Å². The van der Waals surface area contributed by atoms with Crippen molar-refractivity contribution in [3.8, 4) is 5.75 Å². The number of aliphatic hydroxyl groups excluding tert-OH is 1. The van der Waals surface area contributed by atoms with Gasteiger partial charge in [0.15, 0.2) is 0 Å². The molecule has 0 radical (unpaired) electrons. The molecule has 2 aliphatic rings. The fourth-order valence-corrected chi connectivity index (χ4v) is 4.54. The van der Waals surface area contributed by atoms with E-state index in [1.807, 2.05) is 0 Å². The fourth-order valence-electron chi connectivity index (χ4n) is 4.54. The van der Waals surface area contributed by atoms with E-state index in [2.05, 4.69) is 9.80 Å². The Morgan fingerprint density at radius 3 is 2.57 bits per heavy atom. The molecule has 2 fully saturated rings. The van der Waals surface area contributed by atoms with Crippen LogP contribution in [0.1, 0.15) is 10.4 Å². The van der Waals surface area contributed by atoms with Gasteiger partial charge in [0.25, 0.3) is 5.91 Å². The normalized spacial score (nSPS) is 19.9. The van der Waals surface area contributed by atoms with Gasteiger partial charge in [0, 0.05) is 57.9 Å². The van der Waals surface area contributed by atoms with Gasteiger partial charge in [-0.25, -0.2) is 8.78 Å². The molecule has 2 aromatic rings. The van der Waals surface area contributed by atoms with E-state index < -0.39 is 11.9 Å². The second-order valence-corrected chi connectivity index (χ2v) is 9.39. The van der Waals surface area contributed by atoms with Crippen LogP contribution in [0.15, 0.2) is 48.5 Å². The maximum absolute atomic E-state index is 13.8. The Labute approximate surface area is 216 Å². The number of hydrogen-bond acceptors (Lipinski definition) is 7. The highest BCUT2D eigenvalue weighted by Crippen LogP contribution is 2.14. The van der Waals surface area contributed by atoms with E-state index >= 15 is 0 Å². The van der Waals surface area contributed by atoms with Gasteiger partial charge in [0.05, 0.1) is 25.9 Å². The van der Waals surface area contributed by atoms with Crippen LogP contribution < -0.4 is 4.74 Å². The summed E-state index contributed by atoms with van der Waals surface area (Å²) in [6.45, 7) is 6.64. The van der Waals surface area contributed by atoms with Crippen LogP contribution in [0.25, 0.3) is 0 Å². The van der Waals surface area contributed by atoms with Crippen LogP contribution in [0.4, 0.5) is 8.78 Å². The van der Waals surface area contributed by atoms with Gasteiger partial charge in [-0.2, -0.15) is 0 Å². The van der Waals surface area contributed by atoms with Crippen LogP contribution in [-0.2, 0) is 9.47 Å². The molecular weight excluding hydrogens is 484 g/mol. The lowest BCUT2D eigenvalue weighted by Crippen LogP contribution is -2.52. The quantitative estimate of drug-likeness (QED) is 0.486. The Hall–Kier alpha value is -2.63. The zero-order chi connectivity index (χ0) is 26.0. The second kappa shape index (κ2) is 13.8. The molecule has 202 valence electrons. The Kier molecular flexibility index (Phi) is 10.2. The molecule has 0 bridgehead atoms. The van der Waals surface area contributed by atoms with E-state index in [1.165, 1.54) is 42.5 Å². The van der Waals surface area contributed by atoms with Crippen molar-refractivity contribution in [3.05, 3.63) is 65.7 Å². The third-order valence-corrected chi connectivity index (χ3v) is 6.52. The zero-order valence-electron chi connectivity index (χ0n) is 20.9. The van der Waals surface area contributed by atoms with Crippen LogP contribution in [0.3, 0.4) is 0 Å². The summed E-state index contributed by atoms with van der Waals surface area (Å²) in [6.07, 6.45) is -0.990. The summed E-state index contributed by atoms with van der Waals surface area (Å²) in [5, 5.41) is 10.5. The monoisotopic (exact) mass is 519 g/mol. The van der Waals surface area contributed by atoms with Crippen molar-refractivity contribution in [1.82, 2.24) is 14.7 Å². The molecule has 2 aromatic carbocycles. The maximum atomic E-state index is 13.8.